The van der Waals surface area contributed by atoms with E-state index in [0.717, 1.165) is 30.3 Å². The molecule has 0 saturated heterocycles. The molecule has 1 heterocycles. The van der Waals surface area contributed by atoms with Gasteiger partial charge in [-0.05, 0) is 49.4 Å². The molecule has 9 nitrogen and oxygen atoms in total. The summed E-state index contributed by atoms with van der Waals surface area (Å²) in [5.41, 5.74) is -0.332. The van der Waals surface area contributed by atoms with Gasteiger partial charge in [0.15, 0.2) is 0 Å². The number of nitrogens with one attached hydrogen (secondary N) is 1. The monoisotopic (exact) mass is 454 g/mol. The van der Waals surface area contributed by atoms with Gasteiger partial charge in [0.05, 0.1) is 32.1 Å². The van der Waals surface area contributed by atoms with Gasteiger partial charge in [0.1, 0.15) is 11.6 Å². The molecular formula is C21H15FN4O5S. The quantitative estimate of drug-likeness (QED) is 0.363. The Balaban J connectivity index is 1.76. The molecule has 0 spiro atoms. The molecule has 11 heteroatoms. The van der Waals surface area contributed by atoms with Crippen LogP contribution in [0.15, 0.2) is 76.4 Å². The fourth-order valence-electron chi connectivity index (χ4n) is 3.23. The van der Waals surface area contributed by atoms with E-state index in [2.05, 4.69) is 9.71 Å². The summed E-state index contributed by atoms with van der Waals surface area (Å²) in [6, 6.07) is 14.5. The summed E-state index contributed by atoms with van der Waals surface area (Å²) in [6.45, 7) is 1.61. The summed E-state index contributed by atoms with van der Waals surface area (Å²) in [4.78, 5) is 27.2. The number of fused-ring (bicyclic) bond motifs is 1. The molecule has 4 rings (SSSR count). The van der Waals surface area contributed by atoms with Crippen molar-refractivity contribution >= 4 is 32.3 Å². The Morgan fingerprint density at radius 3 is 2.44 bits per heavy atom. The predicted molar refractivity (Wildman–Crippen MR) is 116 cm³/mol. The molecule has 0 radical (unpaired) electrons. The highest BCUT2D eigenvalue weighted by molar-refractivity contribution is 7.92. The molecule has 32 heavy (non-hydrogen) atoms. The number of non-ortho nitro benzene ring substituents is 1. The minimum atomic E-state index is -4.25. The number of anilines is 1. The molecule has 1 N–H and O–H groups in total. The van der Waals surface area contributed by atoms with Gasteiger partial charge in [-0.1, -0.05) is 12.1 Å². The highest BCUT2D eigenvalue weighted by Gasteiger charge is 2.19. The summed E-state index contributed by atoms with van der Waals surface area (Å²) in [6.07, 6.45) is 0. The third-order valence-corrected chi connectivity index (χ3v) is 6.14. The van der Waals surface area contributed by atoms with Crippen LogP contribution in [0, 0.1) is 22.9 Å². The zero-order chi connectivity index (χ0) is 23.0. The molecule has 3 aromatic carbocycles. The zero-order valence-corrected chi connectivity index (χ0v) is 17.3. The minimum absolute atomic E-state index is 0.216. The number of rotatable bonds is 5. The topological polar surface area (TPSA) is 124 Å². The van der Waals surface area contributed by atoms with E-state index in [-0.39, 0.29) is 27.5 Å². The molecule has 0 fully saturated rings. The molecule has 0 saturated carbocycles. The maximum Gasteiger partial charge on any atom is 0.269 e. The van der Waals surface area contributed by atoms with Crippen LogP contribution >= 0.6 is 0 Å². The molecule has 0 aliphatic rings. The summed E-state index contributed by atoms with van der Waals surface area (Å²) in [7, 11) is -4.25. The lowest BCUT2D eigenvalue weighted by atomic mass is 10.2. The number of nitrogens with zero attached hydrogens (tertiary/aromatic N) is 3. The van der Waals surface area contributed by atoms with E-state index in [4.69, 9.17) is 0 Å². The maximum absolute atomic E-state index is 14.4. The molecular weight excluding hydrogens is 439 g/mol. The smallest absolute Gasteiger partial charge is 0.269 e. The molecule has 0 unspecified atom stereocenters. The second-order valence-electron chi connectivity index (χ2n) is 6.84. The van der Waals surface area contributed by atoms with Gasteiger partial charge in [-0.3, -0.25) is 24.2 Å². The Morgan fingerprint density at radius 1 is 1.06 bits per heavy atom. The van der Waals surface area contributed by atoms with Crippen molar-refractivity contribution in [2.75, 3.05) is 4.72 Å². The van der Waals surface area contributed by atoms with Gasteiger partial charge in [-0.2, -0.15) is 0 Å². The van der Waals surface area contributed by atoms with Crippen molar-refractivity contribution in [3.05, 3.63) is 98.8 Å². The first-order valence-corrected chi connectivity index (χ1v) is 10.7. The van der Waals surface area contributed by atoms with Crippen LogP contribution in [0.5, 0.6) is 0 Å². The number of nitro benzene ring substituents is 1. The summed E-state index contributed by atoms with van der Waals surface area (Å²) < 4.78 is 43.1. The van der Waals surface area contributed by atoms with Crippen molar-refractivity contribution in [2.24, 2.45) is 0 Å². The van der Waals surface area contributed by atoms with Gasteiger partial charge in [-0.25, -0.2) is 17.8 Å². The Labute approximate surface area is 181 Å². The van der Waals surface area contributed by atoms with Crippen molar-refractivity contribution in [2.45, 2.75) is 11.8 Å². The van der Waals surface area contributed by atoms with Gasteiger partial charge < -0.3 is 0 Å². The van der Waals surface area contributed by atoms with Crippen molar-refractivity contribution in [1.82, 2.24) is 9.55 Å². The van der Waals surface area contributed by atoms with Crippen molar-refractivity contribution in [3.8, 4) is 5.69 Å². The highest BCUT2D eigenvalue weighted by Crippen LogP contribution is 2.24. The molecule has 4 aromatic rings. The van der Waals surface area contributed by atoms with Gasteiger partial charge >= 0.3 is 0 Å². The van der Waals surface area contributed by atoms with Crippen LogP contribution in [0.4, 0.5) is 15.8 Å². The van der Waals surface area contributed by atoms with Crippen LogP contribution in [0.25, 0.3) is 16.6 Å². The van der Waals surface area contributed by atoms with E-state index >= 15 is 0 Å². The number of hydrogen-bond acceptors (Lipinski definition) is 6. The average Bonchev–Trinajstić information content (AvgIpc) is 2.76. The van der Waals surface area contributed by atoms with E-state index in [9.17, 15) is 27.7 Å². The van der Waals surface area contributed by atoms with Crippen LogP contribution in [0.3, 0.4) is 0 Å². The van der Waals surface area contributed by atoms with Crippen LogP contribution < -0.4 is 10.3 Å². The van der Waals surface area contributed by atoms with Crippen LogP contribution in [-0.2, 0) is 10.0 Å². The Hall–Kier alpha value is -4.12. The Bertz CT molecular complexity index is 1530. The molecule has 162 valence electrons. The van der Waals surface area contributed by atoms with Gasteiger partial charge in [0.25, 0.3) is 21.3 Å². The number of aromatic nitrogens is 2. The second kappa shape index (κ2) is 7.85. The van der Waals surface area contributed by atoms with E-state index in [1.165, 1.54) is 16.7 Å². The SMILES string of the molecule is Cc1nc2ccccc2c(=O)n1-c1ccc(F)c(NS(=O)(=O)c2ccc([N+](=O)[O-])cc2)c1. The number of halogens is 1. The fourth-order valence-corrected chi connectivity index (χ4v) is 4.29. The first-order chi connectivity index (χ1) is 15.2. The van der Waals surface area contributed by atoms with E-state index in [1.807, 2.05) is 0 Å². The number of sulfonamides is 1. The van der Waals surface area contributed by atoms with E-state index in [0.29, 0.717) is 16.7 Å². The van der Waals surface area contributed by atoms with E-state index < -0.39 is 20.8 Å². The lowest BCUT2D eigenvalue weighted by molar-refractivity contribution is -0.384. The average molecular weight is 454 g/mol. The fraction of sp³-hybridized carbons (Fsp3) is 0.0476. The standard InChI is InChI=1S/C21H15FN4O5S/c1-13-23-19-5-3-2-4-17(19)21(27)25(13)15-8-11-18(22)20(12-15)24-32(30,31)16-9-6-14(7-10-16)26(28)29/h2-12,24H,1H3. The van der Waals surface area contributed by atoms with Crippen LogP contribution in [0.2, 0.25) is 0 Å². The maximum atomic E-state index is 14.4. The van der Waals surface area contributed by atoms with Crippen molar-refractivity contribution < 1.29 is 17.7 Å². The third kappa shape index (κ3) is 3.81. The molecule has 0 atom stereocenters. The lowest BCUT2D eigenvalue weighted by Crippen LogP contribution is -2.22. The molecule has 0 aliphatic heterocycles. The Morgan fingerprint density at radius 2 is 1.75 bits per heavy atom. The number of nitro groups is 1. The van der Waals surface area contributed by atoms with Crippen LogP contribution in [0.1, 0.15) is 5.82 Å². The lowest BCUT2D eigenvalue weighted by Gasteiger charge is -2.14. The number of hydrogen-bond donors (Lipinski definition) is 1. The first kappa shape index (κ1) is 21.1. The summed E-state index contributed by atoms with van der Waals surface area (Å²) in [5.74, 6) is -0.525. The minimum Gasteiger partial charge on any atom is -0.277 e. The Kier molecular flexibility index (Phi) is 5.18. The van der Waals surface area contributed by atoms with Gasteiger partial charge in [0.2, 0.25) is 0 Å². The molecule has 1 aromatic heterocycles. The highest BCUT2D eigenvalue weighted by atomic mass is 32.2. The number of benzene rings is 3. The predicted octanol–water partition coefficient (Wildman–Crippen LogP) is 3.54. The number of aryl methyl sites for hydroxylation is 1. The third-order valence-electron chi connectivity index (χ3n) is 4.75. The summed E-state index contributed by atoms with van der Waals surface area (Å²) >= 11 is 0. The van der Waals surface area contributed by atoms with E-state index in [1.54, 1.807) is 31.2 Å². The normalized spacial score (nSPS) is 11.4. The van der Waals surface area contributed by atoms with Crippen molar-refractivity contribution in [1.29, 1.82) is 0 Å². The largest absolute Gasteiger partial charge is 0.277 e. The number of para-hydroxylation sites is 1. The second-order valence-corrected chi connectivity index (χ2v) is 8.52. The van der Waals surface area contributed by atoms with Crippen molar-refractivity contribution in [3.63, 3.8) is 0 Å². The zero-order valence-electron chi connectivity index (χ0n) is 16.5. The van der Waals surface area contributed by atoms with Gasteiger partial charge in [0, 0.05) is 12.1 Å². The van der Waals surface area contributed by atoms with Gasteiger partial charge in [-0.15, -0.1) is 0 Å². The molecule has 0 amide bonds. The molecule has 0 bridgehead atoms. The first-order valence-electron chi connectivity index (χ1n) is 9.23. The molecule has 0 aliphatic carbocycles. The summed E-state index contributed by atoms with van der Waals surface area (Å²) in [5, 5.41) is 11.1. The van der Waals surface area contributed by atoms with Crippen LogP contribution in [-0.4, -0.2) is 22.9 Å².